The molecule has 0 amide bonds. The number of alkyl halides is 2. The van der Waals surface area contributed by atoms with Crippen molar-refractivity contribution >= 4 is 18.0 Å². The van der Waals surface area contributed by atoms with Gasteiger partial charge in [0.15, 0.2) is 0 Å². The highest BCUT2D eigenvalue weighted by Crippen LogP contribution is 2.26. The lowest BCUT2D eigenvalue weighted by Crippen LogP contribution is -2.40. The molecule has 28 heavy (non-hydrogen) atoms. The summed E-state index contributed by atoms with van der Waals surface area (Å²) < 4.78 is 26.2. The van der Waals surface area contributed by atoms with Crippen LogP contribution in [0.25, 0.3) is 11.8 Å². The molecule has 0 aliphatic carbocycles. The molecule has 1 atom stereocenters. The Hall–Kier alpha value is -2.01. The van der Waals surface area contributed by atoms with Crippen LogP contribution in [0.1, 0.15) is 50.7 Å². The van der Waals surface area contributed by atoms with Gasteiger partial charge in [-0.1, -0.05) is 43.8 Å². The molecule has 1 fully saturated rings. The van der Waals surface area contributed by atoms with Gasteiger partial charge < -0.3 is 5.73 Å². The number of likely N-dealkylation sites (tertiary alicyclic amines) is 1. The Bertz CT molecular complexity index is 666. The Morgan fingerprint density at radius 1 is 1.32 bits per heavy atom. The highest BCUT2D eigenvalue weighted by molar-refractivity contribution is 5.75. The van der Waals surface area contributed by atoms with E-state index in [-0.39, 0.29) is 6.54 Å². The number of benzene rings is 1. The van der Waals surface area contributed by atoms with Crippen molar-refractivity contribution in [1.29, 1.82) is 0 Å². The van der Waals surface area contributed by atoms with Crippen LogP contribution in [0.2, 0.25) is 0 Å². The first-order valence-electron chi connectivity index (χ1n) is 10.1. The number of halogens is 2. The molecule has 3 nitrogen and oxygen atoms in total. The Morgan fingerprint density at radius 2 is 1.96 bits per heavy atom. The van der Waals surface area contributed by atoms with Crippen LogP contribution < -0.4 is 5.73 Å². The normalized spacial score (nSPS) is 18.5. The lowest BCUT2D eigenvalue weighted by Gasteiger charge is -2.33. The molecule has 154 valence electrons. The van der Waals surface area contributed by atoms with Crippen LogP contribution >= 0.6 is 0 Å². The molecular formula is C23H33F2N3. The van der Waals surface area contributed by atoms with Gasteiger partial charge in [-0.2, -0.15) is 0 Å². The van der Waals surface area contributed by atoms with Crippen molar-refractivity contribution in [3.8, 4) is 0 Å². The SMILES string of the molecule is C=Cc1ccc(/C(=C/N)N=CC(C)CCC2CCN(CC(C)(F)F)CC2)cc1. The number of nitrogens with zero attached hydrogens (tertiary/aromatic N) is 2. The number of aliphatic imine (C=N–C) groups is 1. The molecule has 0 bridgehead atoms. The second kappa shape index (κ2) is 10.5. The quantitative estimate of drug-likeness (QED) is 0.571. The van der Waals surface area contributed by atoms with Gasteiger partial charge in [0.1, 0.15) is 0 Å². The molecule has 1 unspecified atom stereocenters. The van der Waals surface area contributed by atoms with Gasteiger partial charge in [0.05, 0.1) is 12.2 Å². The summed E-state index contributed by atoms with van der Waals surface area (Å²) in [6.07, 6.45) is 9.47. The van der Waals surface area contributed by atoms with E-state index in [4.69, 9.17) is 5.73 Å². The van der Waals surface area contributed by atoms with Gasteiger partial charge >= 0.3 is 0 Å². The summed E-state index contributed by atoms with van der Waals surface area (Å²) in [4.78, 5) is 6.46. The highest BCUT2D eigenvalue weighted by atomic mass is 19.3. The predicted molar refractivity (Wildman–Crippen MR) is 115 cm³/mol. The van der Waals surface area contributed by atoms with Gasteiger partial charge in [-0.25, -0.2) is 8.78 Å². The Labute approximate surface area is 168 Å². The number of hydrogen-bond acceptors (Lipinski definition) is 3. The predicted octanol–water partition coefficient (Wildman–Crippen LogP) is 5.44. The van der Waals surface area contributed by atoms with Gasteiger partial charge in [-0.3, -0.25) is 9.89 Å². The van der Waals surface area contributed by atoms with Gasteiger partial charge in [0, 0.05) is 24.9 Å². The molecule has 0 aromatic heterocycles. The minimum absolute atomic E-state index is 0.120. The van der Waals surface area contributed by atoms with Crippen LogP contribution in [0.15, 0.2) is 42.0 Å². The van der Waals surface area contributed by atoms with Gasteiger partial charge in [0.25, 0.3) is 5.92 Å². The molecule has 1 heterocycles. The first-order valence-corrected chi connectivity index (χ1v) is 10.1. The summed E-state index contributed by atoms with van der Waals surface area (Å²) in [5.41, 5.74) is 8.56. The van der Waals surface area contributed by atoms with Crippen molar-refractivity contribution in [3.05, 3.63) is 48.2 Å². The van der Waals surface area contributed by atoms with Crippen LogP contribution in [0, 0.1) is 11.8 Å². The molecule has 2 rings (SSSR count). The fraction of sp³-hybridized carbons (Fsp3) is 0.522. The van der Waals surface area contributed by atoms with E-state index in [1.165, 1.54) is 6.20 Å². The van der Waals surface area contributed by atoms with E-state index in [1.54, 1.807) is 6.08 Å². The standard InChI is InChI=1S/C23H33F2N3/c1-4-19-7-9-21(10-8-19)22(15-26)27-16-18(2)5-6-20-11-13-28(14-12-20)17-23(3,24)25/h4,7-10,15-16,18,20H,1,5-6,11-14,17,26H2,2-3H3/b22-15-,27-16?. The van der Waals surface area contributed by atoms with Gasteiger partial charge in [-0.15, -0.1) is 0 Å². The van der Waals surface area contributed by atoms with Crippen molar-refractivity contribution in [2.24, 2.45) is 22.6 Å². The molecular weight excluding hydrogens is 356 g/mol. The van der Waals surface area contributed by atoms with E-state index in [9.17, 15) is 8.78 Å². The maximum absolute atomic E-state index is 13.1. The van der Waals surface area contributed by atoms with Crippen molar-refractivity contribution in [1.82, 2.24) is 4.90 Å². The van der Waals surface area contributed by atoms with E-state index in [1.807, 2.05) is 35.4 Å². The van der Waals surface area contributed by atoms with Crippen LogP contribution in [-0.4, -0.2) is 36.7 Å². The molecule has 0 radical (unpaired) electrons. The first-order chi connectivity index (χ1) is 13.3. The largest absolute Gasteiger partial charge is 0.403 e. The summed E-state index contributed by atoms with van der Waals surface area (Å²) in [6, 6.07) is 7.97. The summed E-state index contributed by atoms with van der Waals surface area (Å²) in [6.45, 7) is 8.34. The Morgan fingerprint density at radius 3 is 2.50 bits per heavy atom. The molecule has 1 aliphatic rings. The second-order valence-electron chi connectivity index (χ2n) is 8.00. The summed E-state index contributed by atoms with van der Waals surface area (Å²) in [5, 5.41) is 0. The number of nitrogens with two attached hydrogens (primary N) is 1. The molecule has 0 spiro atoms. The first kappa shape index (κ1) is 22.3. The minimum Gasteiger partial charge on any atom is -0.403 e. The summed E-state index contributed by atoms with van der Waals surface area (Å²) in [7, 11) is 0. The van der Waals surface area contributed by atoms with Crippen LogP contribution in [0.3, 0.4) is 0 Å². The molecule has 2 N–H and O–H groups in total. The molecule has 1 saturated heterocycles. The Balaban J connectivity index is 1.77. The number of rotatable bonds is 9. The average Bonchev–Trinajstić information content (AvgIpc) is 2.67. The lowest BCUT2D eigenvalue weighted by molar-refractivity contribution is -0.0226. The zero-order valence-electron chi connectivity index (χ0n) is 17.1. The topological polar surface area (TPSA) is 41.6 Å². The molecule has 1 aliphatic heterocycles. The minimum atomic E-state index is -2.60. The third kappa shape index (κ3) is 7.55. The highest BCUT2D eigenvalue weighted by Gasteiger charge is 2.28. The number of piperidine rings is 1. The smallest absolute Gasteiger partial charge is 0.257 e. The van der Waals surface area contributed by atoms with Crippen LogP contribution in [-0.2, 0) is 0 Å². The maximum Gasteiger partial charge on any atom is 0.257 e. The van der Waals surface area contributed by atoms with E-state index in [2.05, 4.69) is 18.5 Å². The number of hydrogen-bond donors (Lipinski definition) is 1. The fourth-order valence-corrected chi connectivity index (χ4v) is 3.61. The molecule has 0 saturated carbocycles. The van der Waals surface area contributed by atoms with Crippen molar-refractivity contribution in [2.75, 3.05) is 19.6 Å². The van der Waals surface area contributed by atoms with Crippen molar-refractivity contribution in [3.63, 3.8) is 0 Å². The zero-order valence-corrected chi connectivity index (χ0v) is 17.1. The van der Waals surface area contributed by atoms with Crippen molar-refractivity contribution in [2.45, 2.75) is 45.5 Å². The van der Waals surface area contributed by atoms with Crippen molar-refractivity contribution < 1.29 is 8.78 Å². The van der Waals surface area contributed by atoms with E-state index >= 15 is 0 Å². The molecule has 5 heteroatoms. The molecule has 1 aromatic rings. The monoisotopic (exact) mass is 389 g/mol. The van der Waals surface area contributed by atoms with E-state index < -0.39 is 5.92 Å². The maximum atomic E-state index is 13.1. The second-order valence-corrected chi connectivity index (χ2v) is 8.00. The fourth-order valence-electron chi connectivity index (χ4n) is 3.61. The van der Waals surface area contributed by atoms with E-state index in [0.717, 1.165) is 62.5 Å². The van der Waals surface area contributed by atoms with Crippen LogP contribution in [0.5, 0.6) is 0 Å². The third-order valence-corrected chi connectivity index (χ3v) is 5.31. The summed E-state index contributed by atoms with van der Waals surface area (Å²) >= 11 is 0. The van der Waals surface area contributed by atoms with Gasteiger partial charge in [0.2, 0.25) is 0 Å². The Kier molecular flexibility index (Phi) is 8.36. The van der Waals surface area contributed by atoms with E-state index in [0.29, 0.717) is 11.8 Å². The lowest BCUT2D eigenvalue weighted by atomic mass is 9.89. The van der Waals surface area contributed by atoms with Gasteiger partial charge in [-0.05, 0) is 56.2 Å². The third-order valence-electron chi connectivity index (χ3n) is 5.31. The zero-order chi connectivity index (χ0) is 20.6. The summed E-state index contributed by atoms with van der Waals surface area (Å²) in [5.74, 6) is -1.63. The van der Waals surface area contributed by atoms with Crippen LogP contribution in [0.4, 0.5) is 8.78 Å². The average molecular weight is 390 g/mol. The molecule has 1 aromatic carbocycles.